The van der Waals surface area contributed by atoms with Crippen molar-refractivity contribution in [2.75, 3.05) is 0 Å². The zero-order chi connectivity index (χ0) is 18.8. The number of hydrogen-bond donors (Lipinski definition) is 2. The fourth-order valence-corrected chi connectivity index (χ4v) is 2.89. The number of halogens is 1. The van der Waals surface area contributed by atoms with Gasteiger partial charge >= 0.3 is 0 Å². The van der Waals surface area contributed by atoms with Gasteiger partial charge in [-0.3, -0.25) is 4.79 Å². The van der Waals surface area contributed by atoms with Gasteiger partial charge in [0.1, 0.15) is 18.1 Å². The number of aryl methyl sites for hydroxylation is 1. The molecule has 3 aromatic heterocycles. The van der Waals surface area contributed by atoms with E-state index in [1.54, 1.807) is 24.5 Å². The SMILES string of the molecule is Cc1c[nH+]c(CNC(=O)c2[nH]c(-c3ccc(F)cc3)[n+]3ccccc23)cn1. The lowest BCUT2D eigenvalue weighted by molar-refractivity contribution is -0.498. The molecule has 0 unspecified atom stereocenters. The molecule has 27 heavy (non-hydrogen) atoms. The van der Waals surface area contributed by atoms with Crippen LogP contribution < -0.4 is 14.7 Å². The summed E-state index contributed by atoms with van der Waals surface area (Å²) >= 11 is 0. The Morgan fingerprint density at radius 1 is 1.26 bits per heavy atom. The zero-order valence-corrected chi connectivity index (χ0v) is 14.7. The van der Waals surface area contributed by atoms with Crippen LogP contribution in [-0.2, 0) is 6.54 Å². The Morgan fingerprint density at radius 3 is 2.81 bits per heavy atom. The summed E-state index contributed by atoms with van der Waals surface area (Å²) in [5, 5.41) is 2.89. The second-order valence-electron chi connectivity index (χ2n) is 6.21. The van der Waals surface area contributed by atoms with Gasteiger partial charge in [0.25, 0.3) is 11.7 Å². The molecular formula is C20H18FN5O+2. The largest absolute Gasteiger partial charge is 0.338 e. The molecule has 4 aromatic rings. The van der Waals surface area contributed by atoms with E-state index >= 15 is 0 Å². The van der Waals surface area contributed by atoms with Gasteiger partial charge in [-0.15, -0.1) is 0 Å². The summed E-state index contributed by atoms with van der Waals surface area (Å²) in [5.41, 5.74) is 3.64. The summed E-state index contributed by atoms with van der Waals surface area (Å²) < 4.78 is 15.1. The maximum absolute atomic E-state index is 13.2. The van der Waals surface area contributed by atoms with Crippen molar-refractivity contribution in [3.05, 3.63) is 84.0 Å². The van der Waals surface area contributed by atoms with E-state index in [1.165, 1.54) is 12.1 Å². The quantitative estimate of drug-likeness (QED) is 0.544. The number of fused-ring (bicyclic) bond motifs is 1. The molecular weight excluding hydrogens is 345 g/mol. The molecule has 1 amide bonds. The standard InChI is InChI=1S/C20H16FN5O/c1-13-10-23-16(11-22-13)12-24-20(27)18-17-4-2-3-9-26(17)19(25-18)14-5-7-15(21)8-6-14/h2-11H,12H2,1H3,(H,24,27)/p+2. The molecule has 0 aliphatic rings. The van der Waals surface area contributed by atoms with Crippen LogP contribution >= 0.6 is 0 Å². The number of aromatic nitrogens is 4. The molecule has 134 valence electrons. The lowest BCUT2D eigenvalue weighted by Crippen LogP contribution is -2.28. The van der Waals surface area contributed by atoms with Gasteiger partial charge in [-0.25, -0.2) is 19.3 Å². The van der Waals surface area contributed by atoms with Gasteiger partial charge in [0.15, 0.2) is 11.7 Å². The van der Waals surface area contributed by atoms with Gasteiger partial charge < -0.3 is 5.32 Å². The maximum atomic E-state index is 13.2. The number of carbonyl (C=O) groups excluding carboxylic acids is 1. The molecule has 3 N–H and O–H groups in total. The van der Waals surface area contributed by atoms with Crippen LogP contribution in [0, 0.1) is 12.7 Å². The molecule has 0 fully saturated rings. The van der Waals surface area contributed by atoms with Gasteiger partial charge in [0, 0.05) is 0 Å². The number of benzene rings is 1. The summed E-state index contributed by atoms with van der Waals surface area (Å²) in [6, 6.07) is 11.7. The minimum atomic E-state index is -0.305. The number of aromatic amines is 2. The Hall–Kier alpha value is -3.61. The molecule has 0 saturated heterocycles. The Kier molecular flexibility index (Phi) is 4.33. The maximum Gasteiger partial charge on any atom is 0.296 e. The van der Waals surface area contributed by atoms with E-state index in [4.69, 9.17) is 0 Å². The molecule has 1 aromatic carbocycles. The summed E-state index contributed by atoms with van der Waals surface area (Å²) in [6.45, 7) is 2.22. The van der Waals surface area contributed by atoms with E-state index in [-0.39, 0.29) is 11.7 Å². The highest BCUT2D eigenvalue weighted by molar-refractivity contribution is 5.98. The molecule has 3 heterocycles. The molecule has 0 aliphatic carbocycles. The minimum absolute atomic E-state index is 0.235. The van der Waals surface area contributed by atoms with Gasteiger partial charge in [0.2, 0.25) is 11.4 Å². The zero-order valence-electron chi connectivity index (χ0n) is 14.7. The minimum Gasteiger partial charge on any atom is -0.338 e. The van der Waals surface area contributed by atoms with Crippen molar-refractivity contribution in [3.63, 3.8) is 0 Å². The van der Waals surface area contributed by atoms with Crippen LogP contribution in [0.3, 0.4) is 0 Å². The molecule has 7 heteroatoms. The Morgan fingerprint density at radius 2 is 2.07 bits per heavy atom. The summed E-state index contributed by atoms with van der Waals surface area (Å²) in [6.07, 6.45) is 5.34. The Labute approximate surface area is 154 Å². The molecule has 0 radical (unpaired) electrons. The summed E-state index contributed by atoms with van der Waals surface area (Å²) in [7, 11) is 0. The number of carbonyl (C=O) groups is 1. The van der Waals surface area contributed by atoms with Crippen molar-refractivity contribution in [2.24, 2.45) is 0 Å². The number of H-pyrrole nitrogens is 2. The molecule has 6 nitrogen and oxygen atoms in total. The summed E-state index contributed by atoms with van der Waals surface area (Å²) in [4.78, 5) is 23.2. The first-order chi connectivity index (χ1) is 13.1. The number of nitrogens with one attached hydrogen (secondary N) is 3. The highest BCUT2D eigenvalue weighted by atomic mass is 19.1. The van der Waals surface area contributed by atoms with E-state index in [1.807, 2.05) is 35.7 Å². The normalized spacial score (nSPS) is 10.9. The fraction of sp³-hybridized carbons (Fsp3) is 0.100. The molecule has 0 aliphatic heterocycles. The van der Waals surface area contributed by atoms with Crippen molar-refractivity contribution in [3.8, 4) is 11.4 Å². The van der Waals surface area contributed by atoms with Crippen LogP contribution in [0.5, 0.6) is 0 Å². The topological polar surface area (TPSA) is 76.0 Å². The third-order valence-corrected chi connectivity index (χ3v) is 4.27. The lowest BCUT2D eigenvalue weighted by Gasteiger charge is -1.98. The van der Waals surface area contributed by atoms with Crippen LogP contribution in [0.25, 0.3) is 16.9 Å². The Bertz CT molecular complexity index is 1100. The summed E-state index contributed by atoms with van der Waals surface area (Å²) in [5.74, 6) is 0.167. The number of rotatable bonds is 4. The first-order valence-corrected chi connectivity index (χ1v) is 8.51. The van der Waals surface area contributed by atoms with Gasteiger partial charge in [-0.2, -0.15) is 4.40 Å². The number of nitrogens with zero attached hydrogens (tertiary/aromatic N) is 2. The molecule has 0 bridgehead atoms. The van der Waals surface area contributed by atoms with Crippen LogP contribution in [-0.4, -0.2) is 15.9 Å². The fourth-order valence-electron chi connectivity index (χ4n) is 2.89. The van der Waals surface area contributed by atoms with Crippen LogP contribution in [0.15, 0.2) is 61.1 Å². The van der Waals surface area contributed by atoms with E-state index in [2.05, 4.69) is 20.3 Å². The van der Waals surface area contributed by atoms with Crippen molar-refractivity contribution < 1.29 is 18.6 Å². The first-order valence-electron chi connectivity index (χ1n) is 8.51. The number of hydrogen-bond acceptors (Lipinski definition) is 2. The second kappa shape index (κ2) is 6.95. The lowest BCUT2D eigenvalue weighted by atomic mass is 10.2. The van der Waals surface area contributed by atoms with E-state index in [0.717, 1.165) is 22.5 Å². The van der Waals surface area contributed by atoms with Crippen LogP contribution in [0.1, 0.15) is 21.9 Å². The highest BCUT2D eigenvalue weighted by Gasteiger charge is 2.25. The highest BCUT2D eigenvalue weighted by Crippen LogP contribution is 2.18. The Balaban J connectivity index is 1.66. The van der Waals surface area contributed by atoms with E-state index in [0.29, 0.717) is 18.1 Å². The van der Waals surface area contributed by atoms with Crippen molar-refractivity contribution in [1.82, 2.24) is 15.3 Å². The monoisotopic (exact) mass is 363 g/mol. The third-order valence-electron chi connectivity index (χ3n) is 4.27. The number of imidazole rings is 1. The number of pyridine rings is 1. The molecule has 4 rings (SSSR count). The van der Waals surface area contributed by atoms with Crippen LogP contribution in [0.2, 0.25) is 0 Å². The number of amides is 1. The van der Waals surface area contributed by atoms with E-state index < -0.39 is 0 Å². The van der Waals surface area contributed by atoms with E-state index in [9.17, 15) is 9.18 Å². The second-order valence-corrected chi connectivity index (χ2v) is 6.21. The van der Waals surface area contributed by atoms with Crippen molar-refractivity contribution in [2.45, 2.75) is 13.5 Å². The molecule has 0 spiro atoms. The first kappa shape index (κ1) is 16.8. The van der Waals surface area contributed by atoms with Crippen molar-refractivity contribution >= 4 is 11.4 Å². The van der Waals surface area contributed by atoms with Crippen LogP contribution in [0.4, 0.5) is 4.39 Å². The van der Waals surface area contributed by atoms with Gasteiger partial charge in [-0.05, 0) is 43.3 Å². The molecule has 0 atom stereocenters. The van der Waals surface area contributed by atoms with Gasteiger partial charge in [0.05, 0.1) is 18.0 Å². The average molecular weight is 363 g/mol. The average Bonchev–Trinajstić information content (AvgIpc) is 3.08. The molecule has 0 saturated carbocycles. The third kappa shape index (κ3) is 3.39. The predicted molar refractivity (Wildman–Crippen MR) is 96.0 cm³/mol. The smallest absolute Gasteiger partial charge is 0.296 e. The van der Waals surface area contributed by atoms with Crippen molar-refractivity contribution in [1.29, 1.82) is 0 Å². The van der Waals surface area contributed by atoms with Gasteiger partial charge in [-0.1, -0.05) is 6.07 Å². The predicted octanol–water partition coefficient (Wildman–Crippen LogP) is 2.01.